The SMILES string of the molecule is CCCCCCCCCCCCCCCCc1ccc(O)c(C(=O)c2ccc(N(CC(CC)CCCC)CC(CC)CCCC)cc2)c1. The number of hydrogen-bond acceptors (Lipinski definition) is 3. The first-order chi connectivity index (χ1) is 23.5. The van der Waals surface area contributed by atoms with E-state index in [4.69, 9.17) is 0 Å². The van der Waals surface area contributed by atoms with Gasteiger partial charge in [0, 0.05) is 24.3 Å². The molecule has 3 heteroatoms. The van der Waals surface area contributed by atoms with Crippen molar-refractivity contribution in [3.8, 4) is 5.75 Å². The first kappa shape index (κ1) is 41.9. The molecule has 2 atom stereocenters. The number of nitrogens with zero attached hydrogens (tertiary/aromatic N) is 1. The van der Waals surface area contributed by atoms with Gasteiger partial charge in [0.25, 0.3) is 0 Å². The lowest BCUT2D eigenvalue weighted by Gasteiger charge is -2.32. The zero-order valence-corrected chi connectivity index (χ0v) is 32.2. The quantitative estimate of drug-likeness (QED) is 0.0669. The second-order valence-corrected chi connectivity index (χ2v) is 14.8. The maximum absolute atomic E-state index is 13.6. The highest BCUT2D eigenvalue weighted by Crippen LogP contribution is 2.27. The van der Waals surface area contributed by atoms with E-state index in [-0.39, 0.29) is 11.5 Å². The second kappa shape index (κ2) is 26.6. The number of carbonyl (C=O) groups excluding carboxylic acids is 1. The maximum Gasteiger partial charge on any atom is 0.196 e. The van der Waals surface area contributed by atoms with Crippen LogP contribution in [-0.2, 0) is 6.42 Å². The van der Waals surface area contributed by atoms with Gasteiger partial charge >= 0.3 is 0 Å². The summed E-state index contributed by atoms with van der Waals surface area (Å²) in [6, 6.07) is 13.9. The van der Waals surface area contributed by atoms with Crippen LogP contribution in [0.2, 0.25) is 0 Å². The number of hydrogen-bond donors (Lipinski definition) is 1. The van der Waals surface area contributed by atoms with E-state index in [1.165, 1.54) is 141 Å². The number of ketones is 1. The molecule has 2 rings (SSSR count). The Hall–Kier alpha value is -2.29. The summed E-state index contributed by atoms with van der Waals surface area (Å²) in [5, 5.41) is 10.7. The average molecular weight is 662 g/mol. The van der Waals surface area contributed by atoms with Crippen molar-refractivity contribution < 1.29 is 9.90 Å². The normalized spacial score (nSPS) is 12.7. The van der Waals surface area contributed by atoms with Gasteiger partial charge in [-0.3, -0.25) is 4.79 Å². The fraction of sp³-hybridized carbons (Fsp3) is 0.711. The lowest BCUT2D eigenvalue weighted by atomic mass is 9.95. The fourth-order valence-electron chi connectivity index (χ4n) is 7.17. The molecule has 0 radical (unpaired) electrons. The summed E-state index contributed by atoms with van der Waals surface area (Å²) in [6.07, 6.45) is 29.9. The Kier molecular flexibility index (Phi) is 23.2. The molecule has 0 aliphatic heterocycles. The number of anilines is 1. The minimum Gasteiger partial charge on any atom is -0.507 e. The summed E-state index contributed by atoms with van der Waals surface area (Å²) in [5.74, 6) is 1.37. The largest absolute Gasteiger partial charge is 0.507 e. The average Bonchev–Trinajstić information content (AvgIpc) is 3.11. The van der Waals surface area contributed by atoms with Gasteiger partial charge in [0.15, 0.2) is 5.78 Å². The molecule has 0 bridgehead atoms. The van der Waals surface area contributed by atoms with Gasteiger partial charge in [-0.2, -0.15) is 0 Å². The summed E-state index contributed by atoms with van der Waals surface area (Å²) in [6.45, 7) is 13.7. The predicted molar refractivity (Wildman–Crippen MR) is 211 cm³/mol. The number of benzene rings is 2. The van der Waals surface area contributed by atoms with Crippen LogP contribution in [0.25, 0.3) is 0 Å². The van der Waals surface area contributed by atoms with Crippen molar-refractivity contribution in [2.45, 2.75) is 182 Å². The number of phenols is 1. The number of phenolic OH excluding ortho intramolecular Hbond substituents is 1. The molecule has 2 aromatic rings. The second-order valence-electron chi connectivity index (χ2n) is 14.8. The molecule has 0 aliphatic carbocycles. The van der Waals surface area contributed by atoms with Crippen LogP contribution in [0.15, 0.2) is 42.5 Å². The third-order valence-corrected chi connectivity index (χ3v) is 10.7. The highest BCUT2D eigenvalue weighted by atomic mass is 16.3. The summed E-state index contributed by atoms with van der Waals surface area (Å²) in [5.41, 5.74) is 3.44. The molecule has 2 aromatic carbocycles. The van der Waals surface area contributed by atoms with E-state index in [0.29, 0.717) is 23.0 Å². The van der Waals surface area contributed by atoms with Gasteiger partial charge in [-0.05, 0) is 79.5 Å². The van der Waals surface area contributed by atoms with Crippen molar-refractivity contribution in [3.63, 3.8) is 0 Å². The molecule has 272 valence electrons. The highest BCUT2D eigenvalue weighted by Gasteiger charge is 2.19. The van der Waals surface area contributed by atoms with Crippen LogP contribution in [0.1, 0.15) is 197 Å². The van der Waals surface area contributed by atoms with Gasteiger partial charge < -0.3 is 10.0 Å². The lowest BCUT2D eigenvalue weighted by Crippen LogP contribution is -2.34. The smallest absolute Gasteiger partial charge is 0.196 e. The topological polar surface area (TPSA) is 40.5 Å². The third kappa shape index (κ3) is 16.9. The van der Waals surface area contributed by atoms with Crippen LogP contribution in [0.3, 0.4) is 0 Å². The number of carbonyl (C=O) groups is 1. The Morgan fingerprint density at radius 1 is 0.583 bits per heavy atom. The molecule has 0 fully saturated rings. The van der Waals surface area contributed by atoms with Crippen LogP contribution in [0.4, 0.5) is 5.69 Å². The Balaban J connectivity index is 1.90. The van der Waals surface area contributed by atoms with Crippen LogP contribution in [-0.4, -0.2) is 24.0 Å². The maximum atomic E-state index is 13.6. The van der Waals surface area contributed by atoms with Gasteiger partial charge in [0.05, 0.1) is 5.56 Å². The summed E-state index contributed by atoms with van der Waals surface area (Å²) in [4.78, 5) is 16.2. The van der Waals surface area contributed by atoms with Crippen molar-refractivity contribution >= 4 is 11.5 Å². The van der Waals surface area contributed by atoms with Crippen LogP contribution in [0, 0.1) is 11.8 Å². The van der Waals surface area contributed by atoms with E-state index < -0.39 is 0 Å². The summed E-state index contributed by atoms with van der Waals surface area (Å²) < 4.78 is 0. The molecule has 1 N–H and O–H groups in total. The van der Waals surface area contributed by atoms with Crippen molar-refractivity contribution in [1.29, 1.82) is 0 Å². The molecular weight excluding hydrogens is 587 g/mol. The zero-order valence-electron chi connectivity index (χ0n) is 32.2. The van der Waals surface area contributed by atoms with Crippen LogP contribution >= 0.6 is 0 Å². The van der Waals surface area contributed by atoms with Gasteiger partial charge in [0.2, 0.25) is 0 Å². The van der Waals surface area contributed by atoms with Gasteiger partial charge in [0.1, 0.15) is 5.75 Å². The molecule has 0 aromatic heterocycles. The molecule has 2 unspecified atom stereocenters. The number of unbranched alkanes of at least 4 members (excludes halogenated alkanes) is 15. The third-order valence-electron chi connectivity index (χ3n) is 10.7. The molecule has 0 saturated carbocycles. The Bertz CT molecular complexity index is 1060. The van der Waals surface area contributed by atoms with Crippen molar-refractivity contribution in [3.05, 3.63) is 59.2 Å². The molecular formula is C45H75NO2. The first-order valence-electron chi connectivity index (χ1n) is 20.7. The Morgan fingerprint density at radius 2 is 1.04 bits per heavy atom. The van der Waals surface area contributed by atoms with Gasteiger partial charge in [-0.1, -0.05) is 163 Å². The lowest BCUT2D eigenvalue weighted by molar-refractivity contribution is 0.103. The monoisotopic (exact) mass is 662 g/mol. The van der Waals surface area contributed by atoms with E-state index >= 15 is 0 Å². The van der Waals surface area contributed by atoms with Gasteiger partial charge in [-0.25, -0.2) is 0 Å². The summed E-state index contributed by atoms with van der Waals surface area (Å²) >= 11 is 0. The molecule has 0 heterocycles. The van der Waals surface area contributed by atoms with E-state index in [1.807, 2.05) is 24.3 Å². The van der Waals surface area contributed by atoms with E-state index in [2.05, 4.69) is 51.7 Å². The Labute approximate surface area is 297 Å². The number of rotatable bonds is 30. The molecule has 0 amide bonds. The fourth-order valence-corrected chi connectivity index (χ4v) is 7.17. The highest BCUT2D eigenvalue weighted by molar-refractivity contribution is 6.10. The molecule has 0 spiro atoms. The van der Waals surface area contributed by atoms with Crippen LogP contribution in [0.5, 0.6) is 5.75 Å². The van der Waals surface area contributed by atoms with E-state index in [9.17, 15) is 9.90 Å². The number of aromatic hydroxyl groups is 1. The van der Waals surface area contributed by atoms with Crippen molar-refractivity contribution in [2.24, 2.45) is 11.8 Å². The van der Waals surface area contributed by atoms with Crippen molar-refractivity contribution in [1.82, 2.24) is 0 Å². The summed E-state index contributed by atoms with van der Waals surface area (Å²) in [7, 11) is 0. The first-order valence-corrected chi connectivity index (χ1v) is 20.7. The van der Waals surface area contributed by atoms with Gasteiger partial charge in [-0.15, -0.1) is 0 Å². The molecule has 3 nitrogen and oxygen atoms in total. The Morgan fingerprint density at radius 3 is 1.50 bits per heavy atom. The predicted octanol–water partition coefficient (Wildman–Crippen LogP) is 13.9. The minimum absolute atomic E-state index is 0.0823. The molecule has 0 saturated heterocycles. The molecule has 0 aliphatic rings. The standard InChI is InChI=1S/C45H75NO2/c1-6-11-14-15-16-17-18-19-20-21-22-23-24-25-28-40-29-34-44(47)43(35-40)45(48)41-30-32-42(33-31-41)46(36-38(9-4)26-12-7-2)37-39(10-5)27-13-8-3/h29-35,38-39,47H,6-28,36-37H2,1-5H3. The minimum atomic E-state index is -0.0860. The van der Waals surface area contributed by atoms with Crippen molar-refractivity contribution in [2.75, 3.05) is 18.0 Å². The van der Waals surface area contributed by atoms with E-state index in [1.54, 1.807) is 6.07 Å². The number of aryl methyl sites for hydroxylation is 1. The van der Waals surface area contributed by atoms with E-state index in [0.717, 1.165) is 31.5 Å². The molecule has 48 heavy (non-hydrogen) atoms. The van der Waals surface area contributed by atoms with Crippen LogP contribution < -0.4 is 4.90 Å². The zero-order chi connectivity index (χ0) is 34.8.